The molecular formula is C15H19N3O2S2. The highest BCUT2D eigenvalue weighted by atomic mass is 32.2. The van der Waals surface area contributed by atoms with Crippen molar-refractivity contribution in [3.05, 3.63) is 52.5 Å². The van der Waals surface area contributed by atoms with Gasteiger partial charge in [0.25, 0.3) is 0 Å². The molecule has 0 aliphatic carbocycles. The van der Waals surface area contributed by atoms with Crippen molar-refractivity contribution in [3.63, 3.8) is 0 Å². The third kappa shape index (κ3) is 3.55. The lowest BCUT2D eigenvalue weighted by atomic mass is 10.1. The minimum Gasteiger partial charge on any atom is -0.303 e. The molecular weight excluding hydrogens is 318 g/mol. The van der Waals surface area contributed by atoms with Crippen LogP contribution >= 0.6 is 11.3 Å². The van der Waals surface area contributed by atoms with Gasteiger partial charge in [0.15, 0.2) is 0 Å². The van der Waals surface area contributed by atoms with Crippen molar-refractivity contribution < 1.29 is 8.42 Å². The van der Waals surface area contributed by atoms with Gasteiger partial charge in [-0.2, -0.15) is 0 Å². The number of aromatic nitrogens is 1. The van der Waals surface area contributed by atoms with E-state index in [-0.39, 0.29) is 11.8 Å². The number of rotatable bonds is 6. The van der Waals surface area contributed by atoms with Crippen molar-refractivity contribution in [1.29, 1.82) is 0 Å². The number of hydrogen-bond donors (Lipinski definition) is 1. The Morgan fingerprint density at radius 3 is 2.77 bits per heavy atom. The molecule has 1 aromatic carbocycles. The number of sulfonamides is 1. The topological polar surface area (TPSA) is 62.3 Å². The summed E-state index contributed by atoms with van der Waals surface area (Å²) < 4.78 is 25.2. The molecule has 1 N–H and O–H groups in total. The SMILES string of the molecule is O=S1(=O)CCCN1CCNC(c1ccccc1)c1nccs1. The highest BCUT2D eigenvalue weighted by molar-refractivity contribution is 7.89. The fraction of sp³-hybridized carbons (Fsp3) is 0.400. The van der Waals surface area contributed by atoms with Crippen molar-refractivity contribution in [2.75, 3.05) is 25.4 Å². The van der Waals surface area contributed by atoms with Gasteiger partial charge in [-0.05, 0) is 12.0 Å². The van der Waals surface area contributed by atoms with Crippen molar-refractivity contribution in [2.24, 2.45) is 0 Å². The molecule has 2 aromatic rings. The highest BCUT2D eigenvalue weighted by Crippen LogP contribution is 2.23. The normalized spacial score (nSPS) is 19.3. The van der Waals surface area contributed by atoms with Gasteiger partial charge in [0.05, 0.1) is 11.8 Å². The fourth-order valence-electron chi connectivity index (χ4n) is 2.65. The smallest absolute Gasteiger partial charge is 0.214 e. The minimum atomic E-state index is -3.02. The van der Waals surface area contributed by atoms with Gasteiger partial charge in [0.1, 0.15) is 5.01 Å². The summed E-state index contributed by atoms with van der Waals surface area (Å²) in [6.07, 6.45) is 2.53. The Bertz CT molecular complexity index is 687. The van der Waals surface area contributed by atoms with E-state index < -0.39 is 10.0 Å². The first-order valence-electron chi connectivity index (χ1n) is 7.32. The van der Waals surface area contributed by atoms with E-state index in [0.717, 1.165) is 17.0 Å². The highest BCUT2D eigenvalue weighted by Gasteiger charge is 2.27. The maximum absolute atomic E-state index is 11.8. The van der Waals surface area contributed by atoms with Crippen LogP contribution in [-0.4, -0.2) is 43.1 Å². The van der Waals surface area contributed by atoms with Crippen LogP contribution in [0, 0.1) is 0 Å². The first-order valence-corrected chi connectivity index (χ1v) is 9.81. The fourth-order valence-corrected chi connectivity index (χ4v) is 4.91. The molecule has 0 saturated carbocycles. The Morgan fingerprint density at radius 2 is 2.14 bits per heavy atom. The van der Waals surface area contributed by atoms with Crippen molar-refractivity contribution in [2.45, 2.75) is 12.5 Å². The maximum atomic E-state index is 11.8. The summed E-state index contributed by atoms with van der Waals surface area (Å²) in [4.78, 5) is 4.40. The second-order valence-electron chi connectivity index (χ2n) is 5.24. The first-order chi connectivity index (χ1) is 10.7. The summed E-state index contributed by atoms with van der Waals surface area (Å²) in [5.74, 6) is 0.279. The Labute approximate surface area is 135 Å². The van der Waals surface area contributed by atoms with Crippen molar-refractivity contribution in [3.8, 4) is 0 Å². The lowest BCUT2D eigenvalue weighted by Gasteiger charge is -2.20. The predicted octanol–water partition coefficient (Wildman–Crippen LogP) is 1.86. The molecule has 1 atom stereocenters. The number of nitrogens with zero attached hydrogens (tertiary/aromatic N) is 2. The molecule has 0 spiro atoms. The number of thiazole rings is 1. The van der Waals surface area contributed by atoms with Gasteiger partial charge in [-0.1, -0.05) is 30.3 Å². The van der Waals surface area contributed by atoms with E-state index in [1.165, 1.54) is 0 Å². The molecule has 118 valence electrons. The lowest BCUT2D eigenvalue weighted by Crippen LogP contribution is -2.35. The van der Waals surface area contributed by atoms with Crippen LogP contribution in [-0.2, 0) is 10.0 Å². The average molecular weight is 337 g/mol. The molecule has 3 rings (SSSR count). The zero-order valence-electron chi connectivity index (χ0n) is 12.2. The Morgan fingerprint density at radius 1 is 1.32 bits per heavy atom. The van der Waals surface area contributed by atoms with Crippen LogP contribution in [0.4, 0.5) is 0 Å². The van der Waals surface area contributed by atoms with Crippen LogP contribution in [0.1, 0.15) is 23.0 Å². The summed E-state index contributed by atoms with van der Waals surface area (Å²) in [5.41, 5.74) is 1.14. The molecule has 0 radical (unpaired) electrons. The van der Waals surface area contributed by atoms with Gasteiger partial charge in [-0.15, -0.1) is 11.3 Å². The van der Waals surface area contributed by atoms with Gasteiger partial charge < -0.3 is 5.32 Å². The summed E-state index contributed by atoms with van der Waals surface area (Å²) in [6.45, 7) is 1.76. The molecule has 1 aromatic heterocycles. The van der Waals surface area contributed by atoms with Crippen molar-refractivity contribution in [1.82, 2.24) is 14.6 Å². The maximum Gasteiger partial charge on any atom is 0.214 e. The van der Waals surface area contributed by atoms with Crippen molar-refractivity contribution >= 4 is 21.4 Å². The van der Waals surface area contributed by atoms with E-state index >= 15 is 0 Å². The monoisotopic (exact) mass is 337 g/mol. The third-order valence-corrected chi connectivity index (χ3v) is 6.54. The molecule has 22 heavy (non-hydrogen) atoms. The molecule has 0 bridgehead atoms. The second-order valence-corrected chi connectivity index (χ2v) is 8.25. The predicted molar refractivity (Wildman–Crippen MR) is 88.4 cm³/mol. The van der Waals surface area contributed by atoms with Gasteiger partial charge >= 0.3 is 0 Å². The van der Waals surface area contributed by atoms with E-state index in [1.807, 2.05) is 23.6 Å². The molecule has 7 heteroatoms. The zero-order valence-corrected chi connectivity index (χ0v) is 13.8. The summed E-state index contributed by atoms with van der Waals surface area (Å²) in [5, 5.41) is 6.40. The molecule has 1 saturated heterocycles. The molecule has 0 amide bonds. The Hall–Kier alpha value is -1.28. The molecule has 2 heterocycles. The minimum absolute atomic E-state index is 0.00603. The second kappa shape index (κ2) is 6.87. The Kier molecular flexibility index (Phi) is 4.87. The van der Waals surface area contributed by atoms with E-state index in [9.17, 15) is 8.42 Å². The summed E-state index contributed by atoms with van der Waals surface area (Å²) >= 11 is 1.60. The van der Waals surface area contributed by atoms with Crippen LogP contribution in [0.3, 0.4) is 0 Å². The third-order valence-electron chi connectivity index (χ3n) is 3.74. The lowest BCUT2D eigenvalue weighted by molar-refractivity contribution is 0.426. The van der Waals surface area contributed by atoms with Gasteiger partial charge in [0.2, 0.25) is 10.0 Å². The number of hydrogen-bond acceptors (Lipinski definition) is 5. The van der Waals surface area contributed by atoms with E-state index in [1.54, 1.807) is 21.8 Å². The molecule has 1 aliphatic rings. The van der Waals surface area contributed by atoms with Gasteiger partial charge in [-0.3, -0.25) is 0 Å². The standard InChI is InChI=1S/C15H19N3O2S2/c19-22(20)12-4-9-18(22)10-7-16-14(15-17-8-11-21-15)13-5-2-1-3-6-13/h1-3,5-6,8,11,14,16H,4,7,9-10,12H2. The Balaban J connectivity index is 1.67. The van der Waals surface area contributed by atoms with Gasteiger partial charge in [0, 0.05) is 31.2 Å². The zero-order chi connectivity index (χ0) is 15.4. The largest absolute Gasteiger partial charge is 0.303 e. The van der Waals surface area contributed by atoms with Crippen LogP contribution in [0.5, 0.6) is 0 Å². The van der Waals surface area contributed by atoms with Crippen LogP contribution in [0.15, 0.2) is 41.9 Å². The molecule has 5 nitrogen and oxygen atoms in total. The summed E-state index contributed by atoms with van der Waals surface area (Å²) in [7, 11) is -3.02. The first kappa shape index (κ1) is 15.6. The van der Waals surface area contributed by atoms with E-state index in [4.69, 9.17) is 0 Å². The van der Waals surface area contributed by atoms with E-state index in [0.29, 0.717) is 19.6 Å². The molecule has 1 fully saturated rings. The quantitative estimate of drug-likeness (QED) is 0.874. The number of benzene rings is 1. The average Bonchev–Trinajstić information content (AvgIpc) is 3.14. The van der Waals surface area contributed by atoms with Crippen LogP contribution in [0.25, 0.3) is 0 Å². The van der Waals surface area contributed by atoms with Crippen LogP contribution < -0.4 is 5.32 Å². The molecule has 1 unspecified atom stereocenters. The number of nitrogens with one attached hydrogen (secondary N) is 1. The summed E-state index contributed by atoms with van der Waals surface area (Å²) in [6, 6.07) is 10.1. The van der Waals surface area contributed by atoms with Crippen LogP contribution in [0.2, 0.25) is 0 Å². The molecule has 1 aliphatic heterocycles. The van der Waals surface area contributed by atoms with E-state index in [2.05, 4.69) is 22.4 Å². The van der Waals surface area contributed by atoms with Gasteiger partial charge in [-0.25, -0.2) is 17.7 Å².